The Morgan fingerprint density at radius 2 is 0.573 bits per heavy atom. The van der Waals surface area contributed by atoms with Crippen LogP contribution in [0, 0.1) is 23.7 Å². The molecule has 11 aromatic rings. The first-order chi connectivity index (χ1) is 40.2. The predicted molar refractivity (Wildman–Crippen MR) is 330 cm³/mol. The summed E-state index contributed by atoms with van der Waals surface area (Å²) in [4.78, 5) is 64.3. The lowest BCUT2D eigenvalue weighted by atomic mass is 9.69. The van der Waals surface area contributed by atoms with E-state index < -0.39 is 10.8 Å². The maximum absolute atomic E-state index is 15.5. The normalized spacial score (nSPS) is 13.4. The Kier molecular flexibility index (Phi) is 13.0. The largest absolute Gasteiger partial charge is 0.271 e. The lowest BCUT2D eigenvalue weighted by Crippen LogP contribution is -2.46. The Bertz CT molecular complexity index is 3990. The Morgan fingerprint density at radius 3 is 0.829 bits per heavy atom. The van der Waals surface area contributed by atoms with E-state index >= 15 is 19.2 Å². The number of imide groups is 2. The number of hydrogen-bond donors (Lipinski definition) is 0. The van der Waals surface area contributed by atoms with Gasteiger partial charge in [0.15, 0.2) is 0 Å². The Balaban J connectivity index is 1.22. The first-order valence-electron chi connectivity index (χ1n) is 28.6. The molecule has 0 saturated carbocycles. The zero-order chi connectivity index (χ0) is 56.3. The summed E-state index contributed by atoms with van der Waals surface area (Å²) < 4.78 is 0. The van der Waals surface area contributed by atoms with E-state index in [2.05, 4.69) is 96.5 Å². The molecule has 2 aliphatic rings. The summed E-state index contributed by atoms with van der Waals surface area (Å²) in [5.74, 6) is 14.0. The lowest BCUT2D eigenvalue weighted by molar-refractivity contribution is 0.0514. The van der Waals surface area contributed by atoms with Crippen molar-refractivity contribution in [3.05, 3.63) is 285 Å². The fourth-order valence-electron chi connectivity index (χ4n) is 13.6. The molecule has 0 radical (unpaired) electrons. The van der Waals surface area contributed by atoms with Crippen molar-refractivity contribution in [1.29, 1.82) is 0 Å². The van der Waals surface area contributed by atoms with E-state index in [0.717, 1.165) is 44.2 Å². The molecule has 13 rings (SSSR count). The topological polar surface area (TPSA) is 74.8 Å². The van der Waals surface area contributed by atoms with Crippen LogP contribution in [-0.2, 0) is 10.8 Å². The number of nitrogens with zero attached hydrogens (tertiary/aromatic N) is 2. The highest BCUT2D eigenvalue weighted by atomic mass is 16.2. The van der Waals surface area contributed by atoms with Crippen LogP contribution in [0.15, 0.2) is 218 Å². The lowest BCUT2D eigenvalue weighted by Gasteiger charge is -2.35. The Hall–Kier alpha value is -9.88. The fraction of sp³-hybridized carbons (Fsp3) is 0.158. The van der Waals surface area contributed by atoms with Crippen LogP contribution in [0.1, 0.15) is 139 Å². The van der Waals surface area contributed by atoms with Gasteiger partial charge < -0.3 is 0 Å². The van der Waals surface area contributed by atoms with Crippen LogP contribution in [-0.4, -0.2) is 45.5 Å². The highest BCUT2D eigenvalue weighted by Crippen LogP contribution is 2.50. The summed E-state index contributed by atoms with van der Waals surface area (Å²) in [6.07, 6.45) is 2.36. The third-order valence-electron chi connectivity index (χ3n) is 17.5. The molecule has 0 bridgehead atoms. The minimum absolute atomic E-state index is 0.334. The second-order valence-corrected chi connectivity index (χ2v) is 21.6. The van der Waals surface area contributed by atoms with Crippen molar-refractivity contribution >= 4 is 66.7 Å². The number of benzene rings is 11. The molecule has 0 atom stereocenters. The summed E-state index contributed by atoms with van der Waals surface area (Å²) in [5, 5.41) is 5.37. The molecule has 2 aliphatic heterocycles. The summed E-state index contributed by atoms with van der Waals surface area (Å²) >= 11 is 0. The monoisotopic (exact) mass is 1060 g/mol. The van der Waals surface area contributed by atoms with Crippen molar-refractivity contribution < 1.29 is 19.2 Å². The van der Waals surface area contributed by atoms with E-state index in [9.17, 15) is 0 Å². The van der Waals surface area contributed by atoms with Crippen molar-refractivity contribution in [2.75, 3.05) is 0 Å². The molecule has 0 N–H and O–H groups in total. The molecule has 0 fully saturated rings. The molecule has 82 heavy (non-hydrogen) atoms. The van der Waals surface area contributed by atoms with Crippen LogP contribution in [0.25, 0.3) is 43.1 Å². The van der Waals surface area contributed by atoms with E-state index in [0.29, 0.717) is 91.4 Å². The Morgan fingerprint density at radius 1 is 0.317 bits per heavy atom. The van der Waals surface area contributed by atoms with Gasteiger partial charge in [-0.3, -0.25) is 29.0 Å². The van der Waals surface area contributed by atoms with Crippen LogP contribution in [0.4, 0.5) is 0 Å². The zero-order valence-electron chi connectivity index (χ0n) is 46.3. The third-order valence-corrected chi connectivity index (χ3v) is 17.5. The van der Waals surface area contributed by atoms with E-state index in [1.54, 1.807) is 0 Å². The molecule has 6 heteroatoms. The minimum atomic E-state index is -1.00. The van der Waals surface area contributed by atoms with Crippen LogP contribution in [0.2, 0.25) is 0 Å². The highest BCUT2D eigenvalue weighted by Gasteiger charge is 2.42. The van der Waals surface area contributed by atoms with Crippen LogP contribution in [0.5, 0.6) is 0 Å². The van der Waals surface area contributed by atoms with Crippen molar-refractivity contribution in [2.45, 2.75) is 76.3 Å². The first kappa shape index (κ1) is 51.6. The molecule has 0 unspecified atom stereocenters. The molecule has 0 aliphatic carbocycles. The fourth-order valence-corrected chi connectivity index (χ4v) is 13.6. The summed E-state index contributed by atoms with van der Waals surface area (Å²) in [7, 11) is 0. The van der Waals surface area contributed by atoms with E-state index in [1.165, 1.54) is 9.80 Å². The van der Waals surface area contributed by atoms with Crippen LogP contribution >= 0.6 is 0 Å². The maximum atomic E-state index is 15.5. The predicted octanol–water partition coefficient (Wildman–Crippen LogP) is 16.1. The number of hydrogen-bond acceptors (Lipinski definition) is 4. The quantitative estimate of drug-likeness (QED) is 0.0402. The molecular weight excluding hydrogens is 1000 g/mol. The van der Waals surface area contributed by atoms with Crippen molar-refractivity contribution in [3.63, 3.8) is 0 Å². The van der Waals surface area contributed by atoms with Crippen molar-refractivity contribution in [2.24, 2.45) is 0 Å². The van der Waals surface area contributed by atoms with Gasteiger partial charge in [0, 0.05) is 77.8 Å². The standard InChI is InChI=1S/C76H58N2O4/c1-5-57(6-2)77-71(79)61-41-39-59-66-50(44-46-76(54-33-21-12-22-34-54,55-35-23-13-24-36-55)56-37-25-14-26-38-56)48-64-68-62(72(80)78(74(64)82)58(7-3)8-4)42-40-60(70(66)68)65-49(47-63(73(77)81)67(61)69(59)65)43-45-75(51-27-15-9-16-28-51,52-29-17-10-18-30-52)53-31-19-11-20-32-53/h9-42,47-48,57-58H,5-8H2,1-4H3. The molecule has 2 heterocycles. The summed E-state index contributed by atoms with van der Waals surface area (Å²) in [5.41, 5.74) is 6.55. The van der Waals surface area contributed by atoms with Crippen molar-refractivity contribution in [1.82, 2.24) is 9.80 Å². The molecule has 396 valence electrons. The SMILES string of the molecule is CCC(CC)N1C(=O)c2ccc3c4c(C#CC(c5ccccc5)(c5ccccc5)c5ccccc5)cc5c6c(ccc(c7c(C#CC(c8ccccc8)(c8ccccc8)c8ccccc8)cc(c2c37)C1=O)c64)C(=O)N(C(CC)CC)C5=O. The highest BCUT2D eigenvalue weighted by molar-refractivity contribution is 6.42. The molecule has 0 saturated heterocycles. The zero-order valence-corrected chi connectivity index (χ0v) is 46.3. The van der Waals surface area contributed by atoms with Gasteiger partial charge in [0.05, 0.1) is 0 Å². The van der Waals surface area contributed by atoms with E-state index in [4.69, 9.17) is 0 Å². The first-order valence-corrected chi connectivity index (χ1v) is 28.6. The number of amides is 4. The van der Waals surface area contributed by atoms with Gasteiger partial charge in [0.2, 0.25) is 0 Å². The second-order valence-electron chi connectivity index (χ2n) is 21.6. The van der Waals surface area contributed by atoms with Gasteiger partial charge in [0.1, 0.15) is 10.8 Å². The molecule has 6 nitrogen and oxygen atoms in total. The van der Waals surface area contributed by atoms with Gasteiger partial charge in [-0.05, 0) is 94.1 Å². The van der Waals surface area contributed by atoms with Gasteiger partial charge in [-0.25, -0.2) is 0 Å². The molecule has 4 amide bonds. The van der Waals surface area contributed by atoms with Gasteiger partial charge in [-0.2, -0.15) is 0 Å². The number of rotatable bonds is 12. The minimum Gasteiger partial charge on any atom is -0.271 e. The average molecular weight is 1060 g/mol. The van der Waals surface area contributed by atoms with Crippen LogP contribution < -0.4 is 0 Å². The number of carbonyl (C=O) groups is 4. The average Bonchev–Trinajstić information content (AvgIpc) is 1.53. The second kappa shape index (κ2) is 20.7. The Labute approximate surface area is 478 Å². The van der Waals surface area contributed by atoms with Crippen LogP contribution in [0.3, 0.4) is 0 Å². The molecule has 11 aromatic carbocycles. The van der Waals surface area contributed by atoms with Gasteiger partial charge in [0.25, 0.3) is 23.6 Å². The summed E-state index contributed by atoms with van der Waals surface area (Å²) in [6.45, 7) is 8.04. The van der Waals surface area contributed by atoms with Gasteiger partial charge >= 0.3 is 0 Å². The smallest absolute Gasteiger partial charge is 0.261 e. The maximum Gasteiger partial charge on any atom is 0.261 e. The molecular formula is C76H58N2O4. The van der Waals surface area contributed by atoms with Crippen molar-refractivity contribution in [3.8, 4) is 23.7 Å². The number of carbonyl (C=O) groups excluding carboxylic acids is 4. The van der Waals surface area contributed by atoms with Gasteiger partial charge in [-0.15, -0.1) is 0 Å². The van der Waals surface area contributed by atoms with E-state index in [-0.39, 0.29) is 35.7 Å². The molecule has 0 spiro atoms. The number of fused-ring (bicyclic) bond motifs is 2. The summed E-state index contributed by atoms with van der Waals surface area (Å²) in [6, 6.07) is 72.6. The van der Waals surface area contributed by atoms with E-state index in [1.807, 2.05) is 173 Å². The van der Waals surface area contributed by atoms with Gasteiger partial charge in [-0.1, -0.05) is 246 Å². The third kappa shape index (κ3) is 7.73. The molecule has 0 aromatic heterocycles.